The molecular weight excluding hydrogens is 382 g/mol. The molecule has 0 bridgehead atoms. The summed E-state index contributed by atoms with van der Waals surface area (Å²) >= 11 is 0. The van der Waals surface area contributed by atoms with E-state index in [-0.39, 0.29) is 24.7 Å². The quantitative estimate of drug-likeness (QED) is 0.209. The average molecular weight is 415 g/mol. The van der Waals surface area contributed by atoms with Crippen LogP contribution in [-0.4, -0.2) is 59.4 Å². The zero-order chi connectivity index (χ0) is 22.7. The summed E-state index contributed by atoms with van der Waals surface area (Å²) in [6.45, 7) is 6.56. The van der Waals surface area contributed by atoms with Crippen LogP contribution >= 0.6 is 0 Å². The first-order valence-corrected chi connectivity index (χ1v) is 9.49. The van der Waals surface area contributed by atoms with Gasteiger partial charge < -0.3 is 32.5 Å². The van der Waals surface area contributed by atoms with Crippen LogP contribution in [-0.2, 0) is 24.0 Å². The van der Waals surface area contributed by atoms with Crippen molar-refractivity contribution in [2.75, 3.05) is 6.54 Å². The first kappa shape index (κ1) is 26.3. The van der Waals surface area contributed by atoms with Gasteiger partial charge in [0.15, 0.2) is 0 Å². The number of carbonyl (C=O) groups excluding carboxylic acids is 4. The van der Waals surface area contributed by atoms with E-state index < -0.39 is 54.3 Å². The summed E-state index contributed by atoms with van der Waals surface area (Å²) < 4.78 is 0. The number of rotatable bonds is 13. The molecule has 3 atom stereocenters. The Morgan fingerprint density at radius 1 is 0.966 bits per heavy atom. The second-order valence-electron chi connectivity index (χ2n) is 7.65. The van der Waals surface area contributed by atoms with E-state index in [1.54, 1.807) is 13.8 Å². The molecule has 0 aromatic carbocycles. The molecule has 0 unspecified atom stereocenters. The second kappa shape index (κ2) is 12.7. The lowest BCUT2D eigenvalue weighted by molar-refractivity contribution is -0.143. The lowest BCUT2D eigenvalue weighted by atomic mass is 10.0. The molecule has 0 aromatic rings. The van der Waals surface area contributed by atoms with E-state index in [1.165, 1.54) is 0 Å². The predicted molar refractivity (Wildman–Crippen MR) is 105 cm³/mol. The van der Waals surface area contributed by atoms with Crippen molar-refractivity contribution in [3.05, 3.63) is 0 Å². The summed E-state index contributed by atoms with van der Waals surface area (Å²) in [5.74, 6) is -3.98. The van der Waals surface area contributed by atoms with Crippen LogP contribution in [0.15, 0.2) is 0 Å². The molecule has 166 valence electrons. The van der Waals surface area contributed by atoms with Crippen LogP contribution in [0.3, 0.4) is 0 Å². The van der Waals surface area contributed by atoms with E-state index in [0.717, 1.165) is 0 Å². The number of nitrogens with one attached hydrogen (secondary N) is 3. The Kier molecular flexibility index (Phi) is 11.5. The molecule has 0 aliphatic carbocycles. The number of carbonyl (C=O) groups is 5. The maximum Gasteiger partial charge on any atom is 0.326 e. The lowest BCUT2D eigenvalue weighted by Crippen LogP contribution is -2.54. The molecule has 0 fully saturated rings. The van der Waals surface area contributed by atoms with Crippen LogP contribution < -0.4 is 27.4 Å². The van der Waals surface area contributed by atoms with Crippen LogP contribution in [0.4, 0.5) is 0 Å². The van der Waals surface area contributed by atoms with Crippen LogP contribution in [0.5, 0.6) is 0 Å². The molecule has 0 aliphatic heterocycles. The summed E-state index contributed by atoms with van der Waals surface area (Å²) in [7, 11) is 0. The van der Waals surface area contributed by atoms with Gasteiger partial charge in [-0.05, 0) is 24.7 Å². The molecule has 0 aliphatic rings. The number of amides is 4. The molecule has 4 amide bonds. The fourth-order valence-corrected chi connectivity index (χ4v) is 2.48. The van der Waals surface area contributed by atoms with Crippen molar-refractivity contribution in [1.82, 2.24) is 16.0 Å². The van der Waals surface area contributed by atoms with Gasteiger partial charge in [0.05, 0.1) is 12.6 Å². The molecule has 0 heterocycles. The summed E-state index contributed by atoms with van der Waals surface area (Å²) in [5, 5.41) is 16.2. The van der Waals surface area contributed by atoms with Crippen molar-refractivity contribution in [1.29, 1.82) is 0 Å². The summed E-state index contributed by atoms with van der Waals surface area (Å²) in [4.78, 5) is 58.7. The van der Waals surface area contributed by atoms with Gasteiger partial charge in [-0.15, -0.1) is 0 Å². The first-order chi connectivity index (χ1) is 13.3. The van der Waals surface area contributed by atoms with Crippen LogP contribution in [0.25, 0.3) is 0 Å². The Balaban J connectivity index is 4.90. The van der Waals surface area contributed by atoms with Crippen LogP contribution in [0.2, 0.25) is 0 Å². The number of hydrogen-bond donors (Lipinski definition) is 6. The van der Waals surface area contributed by atoms with Gasteiger partial charge in [-0.1, -0.05) is 27.7 Å². The molecule has 0 saturated carbocycles. The molecule has 0 spiro atoms. The zero-order valence-corrected chi connectivity index (χ0v) is 17.4. The van der Waals surface area contributed by atoms with E-state index in [9.17, 15) is 24.0 Å². The Labute approximate surface area is 170 Å². The van der Waals surface area contributed by atoms with Gasteiger partial charge in [-0.3, -0.25) is 19.2 Å². The summed E-state index contributed by atoms with van der Waals surface area (Å²) in [6, 6.07) is -3.04. The highest BCUT2D eigenvalue weighted by Crippen LogP contribution is 2.05. The fourth-order valence-electron chi connectivity index (χ4n) is 2.48. The maximum atomic E-state index is 12.4. The second-order valence-corrected chi connectivity index (χ2v) is 7.65. The third-order valence-corrected chi connectivity index (χ3v) is 4.05. The predicted octanol–water partition coefficient (Wildman–Crippen LogP) is -1.55. The standard InChI is InChI=1S/C18H33N5O6/c1-9(2)7-11(19)16(26)22-12(5-6-13(20)24)17(27)21-8-14(25)23-15(10(3)4)18(28)29/h9-12,15H,5-8,19H2,1-4H3,(H2,20,24)(H,21,27)(H,22,26)(H,23,25)(H,28,29)/t11-,12-,15-/m0/s1. The Bertz CT molecular complexity index is 608. The van der Waals surface area contributed by atoms with Crippen molar-refractivity contribution < 1.29 is 29.1 Å². The van der Waals surface area contributed by atoms with Gasteiger partial charge in [-0.2, -0.15) is 0 Å². The summed E-state index contributed by atoms with van der Waals surface area (Å²) in [5.41, 5.74) is 10.9. The minimum absolute atomic E-state index is 0.0628. The van der Waals surface area contributed by atoms with E-state index in [1.807, 2.05) is 13.8 Å². The molecule has 8 N–H and O–H groups in total. The molecular formula is C18H33N5O6. The largest absolute Gasteiger partial charge is 0.480 e. The number of nitrogens with two attached hydrogens (primary N) is 2. The van der Waals surface area contributed by atoms with E-state index in [4.69, 9.17) is 16.6 Å². The van der Waals surface area contributed by atoms with E-state index in [2.05, 4.69) is 16.0 Å². The number of carboxylic acid groups (broad SMARTS) is 1. The number of primary amides is 1. The van der Waals surface area contributed by atoms with E-state index in [0.29, 0.717) is 6.42 Å². The van der Waals surface area contributed by atoms with Gasteiger partial charge >= 0.3 is 5.97 Å². The molecule has 0 aromatic heterocycles. The molecule has 29 heavy (non-hydrogen) atoms. The van der Waals surface area contributed by atoms with Crippen molar-refractivity contribution in [3.8, 4) is 0 Å². The molecule has 0 saturated heterocycles. The smallest absolute Gasteiger partial charge is 0.326 e. The highest BCUT2D eigenvalue weighted by Gasteiger charge is 2.26. The Morgan fingerprint density at radius 2 is 1.55 bits per heavy atom. The van der Waals surface area contributed by atoms with Gasteiger partial charge in [0.1, 0.15) is 12.1 Å². The molecule has 11 nitrogen and oxygen atoms in total. The first-order valence-electron chi connectivity index (χ1n) is 9.49. The third kappa shape index (κ3) is 11.0. The molecule has 0 radical (unpaired) electrons. The lowest BCUT2D eigenvalue weighted by Gasteiger charge is -2.22. The number of carboxylic acids is 1. The SMILES string of the molecule is CC(C)C[C@H](N)C(=O)N[C@@H](CCC(N)=O)C(=O)NCC(=O)N[C@H](C(=O)O)C(C)C. The minimum Gasteiger partial charge on any atom is -0.480 e. The van der Waals surface area contributed by atoms with Crippen molar-refractivity contribution in [2.24, 2.45) is 23.3 Å². The van der Waals surface area contributed by atoms with E-state index >= 15 is 0 Å². The number of hydrogen-bond acceptors (Lipinski definition) is 6. The van der Waals surface area contributed by atoms with Gasteiger partial charge in [0.2, 0.25) is 23.6 Å². The van der Waals surface area contributed by atoms with Crippen molar-refractivity contribution in [2.45, 2.75) is 65.1 Å². The molecule has 0 rings (SSSR count). The van der Waals surface area contributed by atoms with Gasteiger partial charge in [-0.25, -0.2) is 4.79 Å². The topological polar surface area (TPSA) is 194 Å². The number of aliphatic carboxylic acids is 1. The maximum absolute atomic E-state index is 12.4. The average Bonchev–Trinajstić information content (AvgIpc) is 2.59. The van der Waals surface area contributed by atoms with Gasteiger partial charge in [0, 0.05) is 6.42 Å². The Hall–Kier alpha value is -2.69. The van der Waals surface area contributed by atoms with Gasteiger partial charge in [0.25, 0.3) is 0 Å². The molecule has 11 heteroatoms. The zero-order valence-electron chi connectivity index (χ0n) is 17.4. The Morgan fingerprint density at radius 3 is 2.00 bits per heavy atom. The van der Waals surface area contributed by atoms with Crippen molar-refractivity contribution in [3.63, 3.8) is 0 Å². The fraction of sp³-hybridized carbons (Fsp3) is 0.722. The van der Waals surface area contributed by atoms with Crippen LogP contribution in [0.1, 0.15) is 47.0 Å². The van der Waals surface area contributed by atoms with Crippen molar-refractivity contribution >= 4 is 29.6 Å². The highest BCUT2D eigenvalue weighted by atomic mass is 16.4. The third-order valence-electron chi connectivity index (χ3n) is 4.05. The monoisotopic (exact) mass is 415 g/mol. The minimum atomic E-state index is -1.19. The summed E-state index contributed by atoms with van der Waals surface area (Å²) in [6.07, 6.45) is 0.190. The van der Waals surface area contributed by atoms with Crippen LogP contribution in [0, 0.1) is 11.8 Å². The normalized spacial score (nSPS) is 14.0. The highest BCUT2D eigenvalue weighted by molar-refractivity contribution is 5.92.